The van der Waals surface area contributed by atoms with Crippen LogP contribution in [0.15, 0.2) is 23.0 Å². The molecule has 0 bridgehead atoms. The molecular weight excluding hydrogens is 226 g/mol. The van der Waals surface area contributed by atoms with E-state index in [1.54, 1.807) is 19.1 Å². The summed E-state index contributed by atoms with van der Waals surface area (Å²) in [6.45, 7) is 3.02. The van der Waals surface area contributed by atoms with E-state index in [-0.39, 0.29) is 11.5 Å². The van der Waals surface area contributed by atoms with Gasteiger partial charge in [-0.1, -0.05) is 12.1 Å². The van der Waals surface area contributed by atoms with E-state index >= 15 is 0 Å². The van der Waals surface area contributed by atoms with Crippen molar-refractivity contribution in [1.82, 2.24) is 9.97 Å². The number of nitrogens with zero attached hydrogens (tertiary/aromatic N) is 1. The van der Waals surface area contributed by atoms with Crippen LogP contribution in [0.1, 0.15) is 11.3 Å². The topological polar surface area (TPSA) is 45.8 Å². The van der Waals surface area contributed by atoms with Gasteiger partial charge in [0.25, 0.3) is 5.56 Å². The molecule has 88 valence electrons. The van der Waals surface area contributed by atoms with Crippen molar-refractivity contribution in [1.29, 1.82) is 0 Å². The van der Waals surface area contributed by atoms with Gasteiger partial charge in [-0.2, -0.15) is 4.39 Å². The van der Waals surface area contributed by atoms with Crippen LogP contribution in [0.2, 0.25) is 0 Å². The van der Waals surface area contributed by atoms with Crippen LogP contribution in [0.25, 0.3) is 11.4 Å². The zero-order valence-corrected chi connectivity index (χ0v) is 9.34. The summed E-state index contributed by atoms with van der Waals surface area (Å²) in [6.07, 6.45) is 0. The largest absolute Gasteiger partial charge is 0.304 e. The number of aromatic amines is 1. The highest BCUT2D eigenvalue weighted by Gasteiger charge is 2.09. The number of hydrogen-bond acceptors (Lipinski definition) is 2. The monoisotopic (exact) mass is 236 g/mol. The molecule has 2 rings (SSSR count). The number of rotatable bonds is 1. The Bertz CT molecular complexity index is 635. The summed E-state index contributed by atoms with van der Waals surface area (Å²) in [5.41, 5.74) is 0.0430. The quantitative estimate of drug-likeness (QED) is 0.826. The second kappa shape index (κ2) is 4.08. The molecule has 0 atom stereocenters. The average Bonchev–Trinajstić information content (AvgIpc) is 2.29. The summed E-state index contributed by atoms with van der Waals surface area (Å²) in [7, 11) is 0. The first-order chi connectivity index (χ1) is 7.99. The minimum absolute atomic E-state index is 0.00951. The second-order valence-corrected chi connectivity index (χ2v) is 3.78. The molecule has 17 heavy (non-hydrogen) atoms. The van der Waals surface area contributed by atoms with Crippen LogP contribution in [0.5, 0.6) is 0 Å². The predicted molar refractivity (Wildman–Crippen MR) is 59.7 cm³/mol. The van der Waals surface area contributed by atoms with E-state index < -0.39 is 17.2 Å². The second-order valence-electron chi connectivity index (χ2n) is 3.78. The van der Waals surface area contributed by atoms with E-state index in [1.807, 2.05) is 0 Å². The fourth-order valence-electron chi connectivity index (χ4n) is 1.45. The van der Waals surface area contributed by atoms with Crippen LogP contribution in [0, 0.1) is 25.5 Å². The molecule has 1 aromatic carbocycles. The van der Waals surface area contributed by atoms with Gasteiger partial charge >= 0.3 is 0 Å². The molecule has 1 N–H and O–H groups in total. The third-order valence-electron chi connectivity index (χ3n) is 2.47. The minimum Gasteiger partial charge on any atom is -0.304 e. The fourth-order valence-corrected chi connectivity index (χ4v) is 1.45. The zero-order valence-electron chi connectivity index (χ0n) is 9.34. The van der Waals surface area contributed by atoms with Gasteiger partial charge in [0.15, 0.2) is 0 Å². The van der Waals surface area contributed by atoms with Crippen molar-refractivity contribution < 1.29 is 8.78 Å². The van der Waals surface area contributed by atoms with Gasteiger partial charge in [-0.3, -0.25) is 4.79 Å². The Balaban J connectivity index is 2.61. The predicted octanol–water partition coefficient (Wildman–Crippen LogP) is 2.33. The molecule has 0 aliphatic heterocycles. The van der Waals surface area contributed by atoms with Crippen molar-refractivity contribution in [2.45, 2.75) is 13.8 Å². The first-order valence-electron chi connectivity index (χ1n) is 5.02. The molecule has 0 spiro atoms. The lowest BCUT2D eigenvalue weighted by molar-refractivity contribution is 0.589. The standard InChI is InChI=1S/C12H10F2N2O/c1-6-3-4-8(5-9(6)13)11-15-7(2)10(14)12(17)16-11/h3-5H,1-2H3,(H,15,16,17). The van der Waals surface area contributed by atoms with Gasteiger partial charge in [-0.05, 0) is 25.5 Å². The lowest BCUT2D eigenvalue weighted by Gasteiger charge is -2.04. The molecule has 5 heteroatoms. The van der Waals surface area contributed by atoms with Gasteiger partial charge in [0.05, 0.1) is 5.69 Å². The summed E-state index contributed by atoms with van der Waals surface area (Å²) in [6, 6.07) is 4.45. The Labute approximate surface area is 96.2 Å². The molecule has 2 aromatic rings. The van der Waals surface area contributed by atoms with Crippen LogP contribution in [-0.2, 0) is 0 Å². The Hall–Kier alpha value is -2.04. The van der Waals surface area contributed by atoms with Gasteiger partial charge in [-0.15, -0.1) is 0 Å². The number of hydrogen-bond donors (Lipinski definition) is 1. The molecule has 0 radical (unpaired) electrons. The van der Waals surface area contributed by atoms with Gasteiger partial charge in [0.2, 0.25) is 5.82 Å². The van der Waals surface area contributed by atoms with Crippen molar-refractivity contribution >= 4 is 0 Å². The summed E-state index contributed by atoms with van der Waals surface area (Å²) < 4.78 is 26.4. The molecule has 0 unspecified atom stereocenters. The highest BCUT2D eigenvalue weighted by atomic mass is 19.1. The van der Waals surface area contributed by atoms with Crippen LogP contribution >= 0.6 is 0 Å². The van der Waals surface area contributed by atoms with E-state index in [0.29, 0.717) is 11.1 Å². The number of aryl methyl sites for hydroxylation is 2. The molecule has 0 fully saturated rings. The number of halogens is 2. The summed E-state index contributed by atoms with van der Waals surface area (Å²) in [5, 5.41) is 0. The Morgan fingerprint density at radius 3 is 2.53 bits per heavy atom. The molecule has 0 aliphatic carbocycles. The van der Waals surface area contributed by atoms with Crippen molar-refractivity contribution in [3.8, 4) is 11.4 Å². The molecule has 0 aliphatic rings. The van der Waals surface area contributed by atoms with Gasteiger partial charge in [0, 0.05) is 5.56 Å². The summed E-state index contributed by atoms with van der Waals surface area (Å²) in [4.78, 5) is 17.4. The van der Waals surface area contributed by atoms with Crippen molar-refractivity contribution in [2.24, 2.45) is 0 Å². The first kappa shape index (κ1) is 11.4. The van der Waals surface area contributed by atoms with Gasteiger partial charge in [-0.25, -0.2) is 9.37 Å². The van der Waals surface area contributed by atoms with Crippen LogP contribution < -0.4 is 5.56 Å². The maximum absolute atomic E-state index is 13.4. The lowest BCUT2D eigenvalue weighted by Crippen LogP contribution is -2.15. The molecular formula is C12H10F2N2O. The van der Waals surface area contributed by atoms with E-state index in [2.05, 4.69) is 9.97 Å². The minimum atomic E-state index is -0.915. The van der Waals surface area contributed by atoms with Crippen molar-refractivity contribution in [2.75, 3.05) is 0 Å². The average molecular weight is 236 g/mol. The maximum atomic E-state index is 13.4. The fraction of sp³-hybridized carbons (Fsp3) is 0.167. The normalized spacial score (nSPS) is 10.6. The van der Waals surface area contributed by atoms with Gasteiger partial charge < -0.3 is 4.98 Å². The highest BCUT2D eigenvalue weighted by molar-refractivity contribution is 5.55. The summed E-state index contributed by atoms with van der Waals surface area (Å²) >= 11 is 0. The van der Waals surface area contributed by atoms with Gasteiger partial charge in [0.1, 0.15) is 11.6 Å². The SMILES string of the molecule is Cc1ccc(-c2nc(C)c(F)c(=O)[nH]2)cc1F. The highest BCUT2D eigenvalue weighted by Crippen LogP contribution is 2.17. The van der Waals surface area contributed by atoms with Crippen LogP contribution in [-0.4, -0.2) is 9.97 Å². The number of benzene rings is 1. The molecule has 0 saturated carbocycles. The molecule has 0 saturated heterocycles. The third-order valence-corrected chi connectivity index (χ3v) is 2.47. The maximum Gasteiger partial charge on any atom is 0.287 e. The molecule has 3 nitrogen and oxygen atoms in total. The lowest BCUT2D eigenvalue weighted by atomic mass is 10.1. The number of nitrogens with one attached hydrogen (secondary N) is 1. The van der Waals surface area contributed by atoms with Crippen LogP contribution in [0.3, 0.4) is 0 Å². The first-order valence-corrected chi connectivity index (χ1v) is 5.02. The smallest absolute Gasteiger partial charge is 0.287 e. The number of aromatic nitrogens is 2. The van der Waals surface area contributed by atoms with E-state index in [4.69, 9.17) is 0 Å². The number of H-pyrrole nitrogens is 1. The summed E-state index contributed by atoms with van der Waals surface area (Å²) in [5.74, 6) is -1.15. The van der Waals surface area contributed by atoms with E-state index in [1.165, 1.54) is 13.0 Å². The Morgan fingerprint density at radius 2 is 1.94 bits per heavy atom. The van der Waals surface area contributed by atoms with Crippen molar-refractivity contribution in [3.63, 3.8) is 0 Å². The molecule has 1 aromatic heterocycles. The van der Waals surface area contributed by atoms with Crippen LogP contribution in [0.4, 0.5) is 8.78 Å². The van der Waals surface area contributed by atoms with E-state index in [9.17, 15) is 13.6 Å². The molecule has 1 heterocycles. The Morgan fingerprint density at radius 1 is 1.24 bits per heavy atom. The third kappa shape index (κ3) is 2.08. The Kier molecular flexibility index (Phi) is 2.75. The molecule has 0 amide bonds. The van der Waals surface area contributed by atoms with E-state index in [0.717, 1.165) is 0 Å². The van der Waals surface area contributed by atoms with Crippen molar-refractivity contribution in [3.05, 3.63) is 51.4 Å². The zero-order chi connectivity index (χ0) is 12.6.